The van der Waals surface area contributed by atoms with Gasteiger partial charge in [0.1, 0.15) is 28.1 Å². The molecule has 1 amide bonds. The molecule has 154 valence electrons. The summed E-state index contributed by atoms with van der Waals surface area (Å²) in [7, 11) is 0. The predicted molar refractivity (Wildman–Crippen MR) is 109 cm³/mol. The number of ether oxygens (including phenoxy) is 2. The van der Waals surface area contributed by atoms with E-state index in [4.69, 9.17) is 20.5 Å². The van der Waals surface area contributed by atoms with Gasteiger partial charge >= 0.3 is 0 Å². The summed E-state index contributed by atoms with van der Waals surface area (Å²) in [5.74, 6) is 0.144. The number of amides is 1. The molecular weight excluding hydrogens is 404 g/mol. The van der Waals surface area contributed by atoms with E-state index in [0.29, 0.717) is 24.6 Å². The van der Waals surface area contributed by atoms with Crippen molar-refractivity contribution in [1.82, 2.24) is 9.97 Å². The molecule has 2 atom stereocenters. The van der Waals surface area contributed by atoms with Gasteiger partial charge in [-0.25, -0.2) is 15.0 Å². The molecule has 10 heteroatoms. The van der Waals surface area contributed by atoms with Crippen molar-refractivity contribution in [3.63, 3.8) is 0 Å². The number of thiazole rings is 1. The molecule has 2 aliphatic heterocycles. The van der Waals surface area contributed by atoms with Crippen molar-refractivity contribution in [3.8, 4) is 6.07 Å². The highest BCUT2D eigenvalue weighted by molar-refractivity contribution is 7.10. The Morgan fingerprint density at radius 2 is 2.27 bits per heavy atom. The quantitative estimate of drug-likeness (QED) is 0.770. The van der Waals surface area contributed by atoms with Crippen LogP contribution in [0.4, 0.5) is 5.82 Å². The highest BCUT2D eigenvalue weighted by Gasteiger charge is 2.56. The van der Waals surface area contributed by atoms with Gasteiger partial charge in [-0.1, -0.05) is 0 Å². The van der Waals surface area contributed by atoms with Gasteiger partial charge in [0.05, 0.1) is 24.4 Å². The number of nitrogens with two attached hydrogens (primary N) is 1. The lowest BCUT2D eigenvalue weighted by molar-refractivity contribution is -0.181. The minimum Gasteiger partial charge on any atom is -0.465 e. The Bertz CT molecular complexity index is 1060. The Hall–Kier alpha value is -3.03. The zero-order valence-electron chi connectivity index (χ0n) is 16.1. The van der Waals surface area contributed by atoms with Gasteiger partial charge < -0.3 is 20.5 Å². The zero-order valence-corrected chi connectivity index (χ0v) is 16.9. The third kappa shape index (κ3) is 3.11. The van der Waals surface area contributed by atoms with Crippen molar-refractivity contribution >= 4 is 29.1 Å². The van der Waals surface area contributed by atoms with Crippen molar-refractivity contribution in [2.75, 3.05) is 18.5 Å². The number of anilines is 1. The van der Waals surface area contributed by atoms with Gasteiger partial charge in [0, 0.05) is 17.5 Å². The first-order valence-electron chi connectivity index (χ1n) is 9.78. The molecule has 1 spiro atoms. The fraction of sp³-hybridized carbons (Fsp3) is 0.450. The van der Waals surface area contributed by atoms with E-state index >= 15 is 0 Å². The Labute approximate surface area is 176 Å². The lowest BCUT2D eigenvalue weighted by Gasteiger charge is -2.53. The van der Waals surface area contributed by atoms with Crippen LogP contribution in [-0.2, 0) is 15.0 Å². The second-order valence-corrected chi connectivity index (χ2v) is 8.81. The van der Waals surface area contributed by atoms with Gasteiger partial charge in [-0.15, -0.1) is 11.3 Å². The van der Waals surface area contributed by atoms with Crippen LogP contribution in [0.1, 0.15) is 46.7 Å². The number of pyridine rings is 1. The number of nitrogens with zero attached hydrogens (tertiary/aromatic N) is 4. The van der Waals surface area contributed by atoms with Gasteiger partial charge in [-0.3, -0.25) is 4.79 Å². The van der Waals surface area contributed by atoms with Gasteiger partial charge in [-0.05, 0) is 37.8 Å². The normalized spacial score (nSPS) is 26.5. The Kier molecular flexibility index (Phi) is 4.45. The average Bonchev–Trinajstić information content (AvgIpc) is 3.21. The summed E-state index contributed by atoms with van der Waals surface area (Å²) >= 11 is 1.42. The number of amidine groups is 1. The maximum atomic E-state index is 12.5. The summed E-state index contributed by atoms with van der Waals surface area (Å²) in [5.41, 5.74) is 5.76. The molecule has 1 aliphatic carbocycles. The molecule has 1 saturated carbocycles. The molecule has 2 aromatic rings. The molecule has 9 nitrogen and oxygen atoms in total. The molecular formula is C20H20N6O3S. The molecule has 30 heavy (non-hydrogen) atoms. The lowest BCUT2D eigenvalue weighted by Crippen LogP contribution is -2.58. The maximum absolute atomic E-state index is 12.5. The number of fused-ring (bicyclic) bond motifs is 1. The minimum atomic E-state index is -0.691. The molecule has 1 saturated heterocycles. The first kappa shape index (κ1) is 19.0. The first-order chi connectivity index (χ1) is 14.5. The van der Waals surface area contributed by atoms with Gasteiger partial charge in [0.15, 0.2) is 0 Å². The highest BCUT2D eigenvalue weighted by atomic mass is 32.1. The van der Waals surface area contributed by atoms with Crippen molar-refractivity contribution in [2.24, 2.45) is 16.6 Å². The van der Waals surface area contributed by atoms with E-state index in [2.05, 4.69) is 20.3 Å². The molecule has 3 aliphatic rings. The monoisotopic (exact) mass is 424 g/mol. The van der Waals surface area contributed by atoms with Crippen LogP contribution in [0.3, 0.4) is 0 Å². The number of hydrogen-bond donors (Lipinski definition) is 2. The second kappa shape index (κ2) is 7.04. The third-order valence-electron chi connectivity index (χ3n) is 6.14. The summed E-state index contributed by atoms with van der Waals surface area (Å²) in [6.07, 6.45) is 5.54. The van der Waals surface area contributed by atoms with E-state index in [1.54, 1.807) is 11.4 Å². The summed E-state index contributed by atoms with van der Waals surface area (Å²) in [6, 6.07) is 5.17. The van der Waals surface area contributed by atoms with Crippen molar-refractivity contribution in [2.45, 2.75) is 36.8 Å². The number of aromatic nitrogens is 2. The van der Waals surface area contributed by atoms with Gasteiger partial charge in [0.2, 0.25) is 0 Å². The van der Waals surface area contributed by atoms with E-state index in [-0.39, 0.29) is 23.2 Å². The van der Waals surface area contributed by atoms with E-state index < -0.39 is 11.4 Å². The highest BCUT2D eigenvalue weighted by Crippen LogP contribution is 2.53. The Morgan fingerprint density at radius 1 is 1.40 bits per heavy atom. The topological polar surface area (TPSA) is 136 Å². The van der Waals surface area contributed by atoms with Crippen LogP contribution in [-0.4, -0.2) is 40.7 Å². The summed E-state index contributed by atoms with van der Waals surface area (Å²) < 4.78 is 11.8. The van der Waals surface area contributed by atoms with E-state index in [1.807, 2.05) is 6.07 Å². The smallest absolute Gasteiger partial charge is 0.282 e. The van der Waals surface area contributed by atoms with Crippen LogP contribution >= 0.6 is 11.3 Å². The summed E-state index contributed by atoms with van der Waals surface area (Å²) in [6.45, 7) is 0.886. The van der Waals surface area contributed by atoms with Crippen LogP contribution < -0.4 is 11.1 Å². The Morgan fingerprint density at radius 3 is 2.97 bits per heavy atom. The van der Waals surface area contributed by atoms with E-state index in [1.165, 1.54) is 30.0 Å². The number of carbonyl (C=O) groups is 1. The number of aliphatic imine (C=N–C) groups is 1. The fourth-order valence-electron chi connectivity index (χ4n) is 4.30. The summed E-state index contributed by atoms with van der Waals surface area (Å²) in [5, 5.41) is 14.1. The van der Waals surface area contributed by atoms with Gasteiger partial charge in [0.25, 0.3) is 11.9 Å². The van der Waals surface area contributed by atoms with Crippen molar-refractivity contribution < 1.29 is 14.3 Å². The van der Waals surface area contributed by atoms with Crippen LogP contribution in [0.25, 0.3) is 0 Å². The third-order valence-corrected chi connectivity index (χ3v) is 7.15. The van der Waals surface area contributed by atoms with Crippen LogP contribution in [0.5, 0.6) is 0 Å². The average molecular weight is 424 g/mol. The molecule has 4 heterocycles. The molecule has 2 fully saturated rings. The van der Waals surface area contributed by atoms with Gasteiger partial charge in [-0.2, -0.15) is 5.26 Å². The maximum Gasteiger partial charge on any atom is 0.282 e. The molecule has 5 rings (SSSR count). The minimum absolute atomic E-state index is 0.0608. The zero-order chi connectivity index (χ0) is 20.8. The molecule has 2 aromatic heterocycles. The fourth-order valence-corrected chi connectivity index (χ4v) is 5.26. The number of nitrogens with one attached hydrogen (secondary N) is 1. The SMILES string of the molecule is N#Cc1ccc(C(=O)Nc2csc([C@]34COC5(CCC5)C[C@H]3COC(N)=N4)n2)nc1. The lowest BCUT2D eigenvalue weighted by atomic mass is 9.67. The molecule has 0 bridgehead atoms. The number of rotatable bonds is 3. The number of carbonyl (C=O) groups excluding carboxylic acids is 1. The predicted octanol–water partition coefficient (Wildman–Crippen LogP) is 2.16. The van der Waals surface area contributed by atoms with Crippen molar-refractivity contribution in [3.05, 3.63) is 40.0 Å². The van der Waals surface area contributed by atoms with Crippen LogP contribution in [0, 0.1) is 17.2 Å². The number of hydrogen-bond acceptors (Lipinski definition) is 9. The van der Waals surface area contributed by atoms with E-state index in [9.17, 15) is 4.79 Å². The molecule has 0 aromatic carbocycles. The first-order valence-corrected chi connectivity index (χ1v) is 10.7. The number of nitriles is 1. The second-order valence-electron chi connectivity index (χ2n) is 7.95. The van der Waals surface area contributed by atoms with Crippen LogP contribution in [0.2, 0.25) is 0 Å². The standard InChI is InChI=1S/C20H20N6O3S/c21-7-12-2-3-14(23-8-12)16(27)24-15-10-30-17(25-15)20-11-29-19(4-1-5-19)6-13(20)9-28-18(22)26-20/h2-3,8,10,13H,1,4-6,9,11H2,(H2,22,26)(H,24,27)/t13-,20-/m0/s1. The van der Waals surface area contributed by atoms with Crippen molar-refractivity contribution in [1.29, 1.82) is 5.26 Å². The molecule has 3 N–H and O–H groups in total. The van der Waals surface area contributed by atoms with Crippen LogP contribution in [0.15, 0.2) is 28.7 Å². The largest absolute Gasteiger partial charge is 0.465 e. The molecule has 0 unspecified atom stereocenters. The summed E-state index contributed by atoms with van der Waals surface area (Å²) in [4.78, 5) is 25.8. The van der Waals surface area contributed by atoms with E-state index in [0.717, 1.165) is 24.3 Å². The molecule has 0 radical (unpaired) electrons. The Balaban J connectivity index is 1.38.